The lowest BCUT2D eigenvalue weighted by Crippen LogP contribution is -2.23. The van der Waals surface area contributed by atoms with Crippen LogP contribution in [0.15, 0.2) is 30.6 Å². The minimum Gasteiger partial charge on any atom is -0.287 e. The molecule has 0 saturated carbocycles. The van der Waals surface area contributed by atoms with Crippen LogP contribution < -0.4 is 0 Å². The first-order valence-electron chi connectivity index (χ1n) is 15.7. The molecule has 1 aromatic rings. The van der Waals surface area contributed by atoms with Gasteiger partial charge in [0.05, 0.1) is 19.8 Å². The summed E-state index contributed by atoms with van der Waals surface area (Å²) in [5.74, 6) is 1.25. The summed E-state index contributed by atoms with van der Waals surface area (Å²) in [7, 11) is -3.52. The number of rotatable bonds is 21. The molecule has 12 heteroatoms. The van der Waals surface area contributed by atoms with Crippen LogP contribution in [0.1, 0.15) is 119 Å². The molecule has 0 amide bonds. The van der Waals surface area contributed by atoms with Crippen molar-refractivity contribution in [1.29, 1.82) is 0 Å². The molecular weight excluding hydrogens is 694 g/mol. The highest BCUT2D eigenvalue weighted by atomic mass is 35.6. The zero-order valence-electron chi connectivity index (χ0n) is 27.0. The quantitative estimate of drug-likeness (QED) is 0.0925. The lowest BCUT2D eigenvalue weighted by atomic mass is 10.0. The largest absolute Gasteiger partial charge is 0.474 e. The lowest BCUT2D eigenvalue weighted by Gasteiger charge is -2.25. The third-order valence-corrected chi connectivity index (χ3v) is 10.9. The van der Waals surface area contributed by atoms with Crippen molar-refractivity contribution in [3.63, 3.8) is 0 Å². The Labute approximate surface area is 293 Å². The number of nitrogens with zero attached hydrogens (tertiary/aromatic N) is 1. The summed E-state index contributed by atoms with van der Waals surface area (Å²) >= 11 is 30.9. The van der Waals surface area contributed by atoms with Crippen LogP contribution in [-0.4, -0.2) is 32.4 Å². The van der Waals surface area contributed by atoms with Crippen LogP contribution in [0.3, 0.4) is 0 Å². The van der Waals surface area contributed by atoms with Gasteiger partial charge >= 0.3 is 7.82 Å². The predicted molar refractivity (Wildman–Crippen MR) is 190 cm³/mol. The number of halogens is 6. The first kappa shape index (κ1) is 46.1. The van der Waals surface area contributed by atoms with Gasteiger partial charge in [0, 0.05) is 12.4 Å². The monoisotopic (exact) mass is 747 g/mol. The summed E-state index contributed by atoms with van der Waals surface area (Å²) in [4.78, 5) is 3.78. The molecule has 0 fully saturated rings. The van der Waals surface area contributed by atoms with Crippen molar-refractivity contribution in [2.24, 2.45) is 17.8 Å². The van der Waals surface area contributed by atoms with Gasteiger partial charge in [0.15, 0.2) is 0 Å². The van der Waals surface area contributed by atoms with Crippen molar-refractivity contribution < 1.29 is 18.1 Å². The Morgan fingerprint density at radius 3 is 1.05 bits per heavy atom. The molecule has 0 saturated heterocycles. The number of hydrogen-bond donors (Lipinski definition) is 0. The second-order valence-electron chi connectivity index (χ2n) is 10.6. The van der Waals surface area contributed by atoms with Gasteiger partial charge in [0.1, 0.15) is 0 Å². The lowest BCUT2D eigenvalue weighted by molar-refractivity contribution is 0.0732. The molecule has 3 unspecified atom stereocenters. The van der Waals surface area contributed by atoms with Crippen LogP contribution in [0.25, 0.3) is 0 Å². The normalized spacial score (nSPS) is 15.3. The van der Waals surface area contributed by atoms with Crippen molar-refractivity contribution in [1.82, 2.24) is 4.98 Å². The number of pyridine rings is 1. The molecule has 0 aliphatic rings. The molecule has 0 radical (unpaired) electrons. The highest BCUT2D eigenvalue weighted by Gasteiger charge is 2.44. The van der Waals surface area contributed by atoms with Gasteiger partial charge in [0.25, 0.3) is 0 Å². The second-order valence-corrected chi connectivity index (χ2v) is 16.8. The van der Waals surface area contributed by atoms with Crippen LogP contribution in [0.4, 0.5) is 0 Å². The molecule has 5 nitrogen and oxygen atoms in total. The van der Waals surface area contributed by atoms with Crippen LogP contribution in [0.5, 0.6) is 0 Å². The van der Waals surface area contributed by atoms with Crippen molar-refractivity contribution in [3.8, 4) is 0 Å². The van der Waals surface area contributed by atoms with E-state index in [0.29, 0.717) is 37.6 Å². The number of alkyl halides is 6. The second kappa shape index (κ2) is 28.1. The molecule has 256 valence electrons. The minimum absolute atomic E-state index is 0.416. The van der Waals surface area contributed by atoms with Gasteiger partial charge in [-0.3, -0.25) is 18.6 Å². The van der Waals surface area contributed by atoms with Gasteiger partial charge in [-0.15, -0.1) is 0 Å². The molecule has 1 heterocycles. The van der Waals surface area contributed by atoms with Crippen molar-refractivity contribution in [2.45, 2.75) is 126 Å². The van der Waals surface area contributed by atoms with Crippen molar-refractivity contribution in [3.05, 3.63) is 30.6 Å². The van der Waals surface area contributed by atoms with E-state index in [4.69, 9.17) is 83.2 Å². The fourth-order valence-electron chi connectivity index (χ4n) is 3.71. The molecule has 0 aromatic carbocycles. The maximum Gasteiger partial charge on any atom is 0.474 e. The fraction of sp³-hybridized carbons (Fsp3) is 0.839. The number of phosphoric ester groups is 1. The number of phosphoric acid groups is 1. The van der Waals surface area contributed by atoms with E-state index in [-0.39, 0.29) is 0 Å². The Morgan fingerprint density at radius 2 is 0.884 bits per heavy atom. The summed E-state index contributed by atoms with van der Waals surface area (Å²) in [6.07, 6.45) is 17.0. The third kappa shape index (κ3) is 26.7. The molecule has 1 aromatic heterocycles. The highest BCUT2D eigenvalue weighted by Crippen LogP contribution is 2.51. The first-order valence-corrected chi connectivity index (χ1v) is 19.5. The van der Waals surface area contributed by atoms with E-state index < -0.39 is 15.4 Å². The predicted octanol–water partition coefficient (Wildman–Crippen LogP) is 13.6. The van der Waals surface area contributed by atoms with E-state index in [0.717, 1.165) is 38.5 Å². The van der Waals surface area contributed by atoms with E-state index in [2.05, 4.69) is 46.5 Å². The molecule has 0 bridgehead atoms. The fourth-order valence-corrected chi connectivity index (χ4v) is 5.11. The van der Waals surface area contributed by atoms with Gasteiger partial charge in [0.2, 0.25) is 7.59 Å². The SMILES string of the molecule is CCCCC(CC)COP(=O)(OCC(CC)CCCC)OCC(CC)CCCC.ClC(Cl)(Cl)C(Cl)(Cl)Cl.c1ccncc1. The zero-order valence-corrected chi connectivity index (χ0v) is 32.5. The van der Waals surface area contributed by atoms with Crippen LogP contribution in [0, 0.1) is 17.8 Å². The molecule has 43 heavy (non-hydrogen) atoms. The summed E-state index contributed by atoms with van der Waals surface area (Å²) < 4.78 is 27.4. The van der Waals surface area contributed by atoms with Crippen LogP contribution in [0.2, 0.25) is 0 Å². The van der Waals surface area contributed by atoms with Gasteiger partial charge in [-0.05, 0) is 49.1 Å². The Balaban J connectivity index is 0. The highest BCUT2D eigenvalue weighted by molar-refractivity contribution is 7.48. The van der Waals surface area contributed by atoms with Crippen LogP contribution >= 0.6 is 77.4 Å². The Morgan fingerprint density at radius 1 is 0.581 bits per heavy atom. The minimum atomic E-state index is -3.52. The average Bonchev–Trinajstić information content (AvgIpc) is 2.98. The Kier molecular flexibility index (Phi) is 30.1. The van der Waals surface area contributed by atoms with Gasteiger partial charge in [-0.1, -0.05) is 175 Å². The molecule has 0 N–H and O–H groups in total. The summed E-state index contributed by atoms with van der Waals surface area (Å²) in [6, 6.07) is 5.72. The Hall–Kier alpha value is 1.00. The van der Waals surface area contributed by atoms with Crippen LogP contribution in [-0.2, 0) is 18.1 Å². The van der Waals surface area contributed by atoms with E-state index in [1.165, 1.54) is 38.5 Å². The molecule has 0 aliphatic heterocycles. The van der Waals surface area contributed by atoms with E-state index in [1.807, 2.05) is 18.2 Å². The first-order chi connectivity index (χ1) is 20.2. The van der Waals surface area contributed by atoms with Crippen molar-refractivity contribution >= 4 is 77.4 Å². The summed E-state index contributed by atoms with van der Waals surface area (Å²) in [5, 5.41) is 0. The van der Waals surface area contributed by atoms with E-state index in [1.54, 1.807) is 12.4 Å². The molecule has 0 aliphatic carbocycles. The van der Waals surface area contributed by atoms with Crippen molar-refractivity contribution in [2.75, 3.05) is 19.8 Å². The topological polar surface area (TPSA) is 57.7 Å². The van der Waals surface area contributed by atoms with Gasteiger partial charge < -0.3 is 0 Å². The maximum atomic E-state index is 13.4. The summed E-state index contributed by atoms with van der Waals surface area (Å²) in [6.45, 7) is 14.5. The number of aromatic nitrogens is 1. The summed E-state index contributed by atoms with van der Waals surface area (Å²) in [5.41, 5.74) is 0. The number of hydrogen-bond acceptors (Lipinski definition) is 5. The number of unbranched alkanes of at least 4 members (excludes halogenated alkanes) is 3. The zero-order chi connectivity index (χ0) is 33.2. The van der Waals surface area contributed by atoms with E-state index >= 15 is 0 Å². The molecular formula is C31H56Cl6NO4P. The standard InChI is InChI=1S/C24H51O4P.C5H5N.C2Cl6/c1-7-13-16-22(10-4)19-26-29(25,27-20-23(11-5)17-14-8-2)28-21-24(12-6)18-15-9-3;1-2-4-6-5-3-1;3-1(4,5)2(6,7)8/h22-24H,7-21H2,1-6H3;1-5H;. The molecule has 1 rings (SSSR count). The average molecular weight is 750 g/mol. The van der Waals surface area contributed by atoms with E-state index in [9.17, 15) is 4.57 Å². The van der Waals surface area contributed by atoms with Gasteiger partial charge in [-0.25, -0.2) is 4.57 Å². The smallest absolute Gasteiger partial charge is 0.287 e. The van der Waals surface area contributed by atoms with Gasteiger partial charge in [-0.2, -0.15) is 0 Å². The molecule has 3 atom stereocenters. The Bertz CT molecular complexity index is 688. The third-order valence-electron chi connectivity index (χ3n) is 6.92. The maximum absolute atomic E-state index is 13.4. The molecule has 0 spiro atoms.